The van der Waals surface area contributed by atoms with Crippen LogP contribution in [0.4, 0.5) is 0 Å². The number of hydrogen-bond acceptors (Lipinski definition) is 3. The highest BCUT2D eigenvalue weighted by molar-refractivity contribution is 8.01. The van der Waals surface area contributed by atoms with Crippen LogP contribution in [0.3, 0.4) is 0 Å². The third-order valence-corrected chi connectivity index (χ3v) is 4.39. The second-order valence-corrected chi connectivity index (χ2v) is 5.40. The van der Waals surface area contributed by atoms with Crippen molar-refractivity contribution >= 4 is 17.7 Å². The van der Waals surface area contributed by atoms with Gasteiger partial charge in [0, 0.05) is 0 Å². The molecule has 2 N–H and O–H groups in total. The topological polar surface area (TPSA) is 60.9 Å². The van der Waals surface area contributed by atoms with Crippen LogP contribution >= 0.6 is 11.8 Å². The number of nitrogens with zero attached hydrogens (tertiary/aromatic N) is 2. The van der Waals surface area contributed by atoms with Crippen LogP contribution in [0.1, 0.15) is 19.9 Å². The van der Waals surface area contributed by atoms with Crippen LogP contribution in [0.15, 0.2) is 29.7 Å². The van der Waals surface area contributed by atoms with E-state index in [2.05, 4.69) is 11.6 Å². The van der Waals surface area contributed by atoms with Gasteiger partial charge in [0.15, 0.2) is 0 Å². The van der Waals surface area contributed by atoms with Crippen LogP contribution in [0.5, 0.6) is 0 Å². The van der Waals surface area contributed by atoms with Gasteiger partial charge in [-0.3, -0.25) is 4.79 Å². The van der Waals surface area contributed by atoms with E-state index in [9.17, 15) is 4.79 Å². The Labute approximate surface area is 92.6 Å². The van der Waals surface area contributed by atoms with E-state index in [1.165, 1.54) is 0 Å². The number of primary amides is 1. The molecule has 2 rings (SSSR count). The number of carbonyl (C=O) groups excluding carboxylic acids is 1. The molecule has 1 amide bonds. The second kappa shape index (κ2) is 3.13. The molecule has 2 unspecified atom stereocenters. The van der Waals surface area contributed by atoms with Crippen molar-refractivity contribution < 1.29 is 4.79 Å². The number of fused-ring (bicyclic) bond motifs is 1. The van der Waals surface area contributed by atoms with Crippen LogP contribution in [-0.2, 0) is 4.79 Å². The Bertz CT molecular complexity index is 440. The third kappa shape index (κ3) is 1.30. The Kier molecular flexibility index (Phi) is 2.15. The summed E-state index contributed by atoms with van der Waals surface area (Å²) in [5, 5.41) is 0.962. The van der Waals surface area contributed by atoms with E-state index in [1.807, 2.05) is 18.4 Å². The van der Waals surface area contributed by atoms with Gasteiger partial charge in [-0.05, 0) is 13.8 Å². The minimum atomic E-state index is -0.391. The highest BCUT2D eigenvalue weighted by Gasteiger charge is 2.47. The van der Waals surface area contributed by atoms with E-state index in [0.29, 0.717) is 0 Å². The van der Waals surface area contributed by atoms with E-state index in [1.54, 1.807) is 24.3 Å². The van der Waals surface area contributed by atoms with Crippen molar-refractivity contribution in [3.63, 3.8) is 0 Å². The first-order valence-corrected chi connectivity index (χ1v) is 5.44. The minimum absolute atomic E-state index is 0.343. The van der Waals surface area contributed by atoms with E-state index in [4.69, 9.17) is 5.73 Å². The molecule has 1 aliphatic rings. The molecule has 1 aromatic heterocycles. The fraction of sp³-hybridized carbons (Fsp3) is 0.400. The van der Waals surface area contributed by atoms with E-state index < -0.39 is 6.04 Å². The zero-order valence-corrected chi connectivity index (χ0v) is 9.54. The normalized spacial score (nSPS) is 28.8. The average molecular weight is 223 g/mol. The lowest BCUT2D eigenvalue weighted by Gasteiger charge is -2.29. The molecule has 0 radical (unpaired) electrons. The van der Waals surface area contributed by atoms with Gasteiger partial charge in [-0.1, -0.05) is 23.9 Å². The van der Waals surface area contributed by atoms with Crippen LogP contribution in [0, 0.1) is 0 Å². The molecule has 0 aliphatic carbocycles. The molecule has 0 saturated carbocycles. The summed E-state index contributed by atoms with van der Waals surface area (Å²) in [7, 11) is 0. The fourth-order valence-electron chi connectivity index (χ4n) is 1.83. The molecule has 1 aromatic rings. The lowest BCUT2D eigenvalue weighted by molar-refractivity contribution is -0.121. The van der Waals surface area contributed by atoms with Gasteiger partial charge in [0.05, 0.1) is 22.3 Å². The molecular formula is C10H13N3OS. The largest absolute Gasteiger partial charge is 0.368 e. The summed E-state index contributed by atoms with van der Waals surface area (Å²) in [6, 6.07) is -0.391. The maximum absolute atomic E-state index is 11.5. The summed E-state index contributed by atoms with van der Waals surface area (Å²) in [4.78, 5) is 15.5. The monoisotopic (exact) mass is 223 g/mol. The number of carbonyl (C=O) groups is 1. The van der Waals surface area contributed by atoms with Gasteiger partial charge in [0.2, 0.25) is 5.91 Å². The highest BCUT2D eigenvalue weighted by atomic mass is 32.2. The van der Waals surface area contributed by atoms with Crippen molar-refractivity contribution in [1.29, 1.82) is 0 Å². The van der Waals surface area contributed by atoms with Crippen LogP contribution in [0.25, 0.3) is 0 Å². The molecule has 0 fully saturated rings. The second-order valence-electron chi connectivity index (χ2n) is 3.93. The highest BCUT2D eigenvalue weighted by Crippen LogP contribution is 2.51. The minimum Gasteiger partial charge on any atom is -0.368 e. The molecule has 0 spiro atoms. The number of hydrogen-bond donors (Lipinski definition) is 1. The third-order valence-electron chi connectivity index (χ3n) is 2.86. The van der Waals surface area contributed by atoms with Crippen LogP contribution < -0.4 is 5.73 Å². The lowest BCUT2D eigenvalue weighted by Crippen LogP contribution is -2.38. The summed E-state index contributed by atoms with van der Waals surface area (Å²) in [5.74, 6) is -0.343. The Hall–Kier alpha value is -1.23. The van der Waals surface area contributed by atoms with Crippen molar-refractivity contribution in [2.45, 2.75) is 29.7 Å². The van der Waals surface area contributed by atoms with Gasteiger partial charge < -0.3 is 10.3 Å². The SMILES string of the molecule is C=C(C)C1(C)Sc2cncn2C1C(N)=O. The standard InChI is InChI=1S/C10H13N3OS/c1-6(2)10(3)8(9(11)14)13-5-12-4-7(13)15-10/h4-5,8H,1H2,2-3H3,(H2,11,14). The predicted molar refractivity (Wildman–Crippen MR) is 59.5 cm³/mol. The Morgan fingerprint density at radius 2 is 2.47 bits per heavy atom. The van der Waals surface area contributed by atoms with Gasteiger partial charge in [-0.15, -0.1) is 0 Å². The fourth-order valence-corrected chi connectivity index (χ4v) is 3.15. The number of amides is 1. The molecule has 0 bridgehead atoms. The first-order valence-electron chi connectivity index (χ1n) is 4.63. The van der Waals surface area contributed by atoms with Crippen LogP contribution in [0.2, 0.25) is 0 Å². The van der Waals surface area contributed by atoms with Gasteiger partial charge >= 0.3 is 0 Å². The molecule has 5 heteroatoms. The summed E-state index contributed by atoms with van der Waals surface area (Å²) in [6.07, 6.45) is 3.39. The first-order chi connectivity index (χ1) is 6.97. The molecular weight excluding hydrogens is 210 g/mol. The van der Waals surface area contributed by atoms with Gasteiger partial charge in [-0.25, -0.2) is 4.98 Å². The maximum Gasteiger partial charge on any atom is 0.242 e. The summed E-state index contributed by atoms with van der Waals surface area (Å²) in [6.45, 7) is 7.85. The maximum atomic E-state index is 11.5. The molecule has 0 saturated heterocycles. The molecule has 15 heavy (non-hydrogen) atoms. The van der Waals surface area contributed by atoms with Gasteiger partial charge in [0.25, 0.3) is 0 Å². The number of aromatic nitrogens is 2. The lowest BCUT2D eigenvalue weighted by atomic mass is 9.93. The van der Waals surface area contributed by atoms with Crippen molar-refractivity contribution in [2.24, 2.45) is 5.73 Å². The van der Waals surface area contributed by atoms with Gasteiger partial charge in [-0.2, -0.15) is 0 Å². The smallest absolute Gasteiger partial charge is 0.242 e. The Balaban J connectivity index is 2.53. The number of nitrogens with two attached hydrogens (primary N) is 1. The molecule has 2 heterocycles. The van der Waals surface area contributed by atoms with E-state index in [-0.39, 0.29) is 10.7 Å². The van der Waals surface area contributed by atoms with E-state index >= 15 is 0 Å². The van der Waals surface area contributed by atoms with Crippen molar-refractivity contribution in [1.82, 2.24) is 9.55 Å². The summed E-state index contributed by atoms with van der Waals surface area (Å²) >= 11 is 1.59. The van der Waals surface area contributed by atoms with Crippen LogP contribution in [-0.4, -0.2) is 20.2 Å². The zero-order chi connectivity index (χ0) is 11.2. The average Bonchev–Trinajstić information content (AvgIpc) is 2.60. The first kappa shape index (κ1) is 10.3. The molecule has 2 atom stereocenters. The molecule has 4 nitrogen and oxygen atoms in total. The number of thioether (sulfide) groups is 1. The Morgan fingerprint density at radius 1 is 1.80 bits per heavy atom. The quantitative estimate of drug-likeness (QED) is 0.770. The summed E-state index contributed by atoms with van der Waals surface area (Å²) < 4.78 is 1.46. The van der Waals surface area contributed by atoms with Crippen molar-refractivity contribution in [2.75, 3.05) is 0 Å². The Morgan fingerprint density at radius 3 is 3.00 bits per heavy atom. The van der Waals surface area contributed by atoms with Gasteiger partial charge in [0.1, 0.15) is 6.04 Å². The zero-order valence-electron chi connectivity index (χ0n) is 8.73. The number of rotatable bonds is 2. The van der Waals surface area contributed by atoms with Crippen molar-refractivity contribution in [3.8, 4) is 0 Å². The molecule has 1 aliphatic heterocycles. The summed E-state index contributed by atoms with van der Waals surface area (Å²) in [5.41, 5.74) is 6.39. The predicted octanol–water partition coefficient (Wildman–Crippen LogP) is 1.35. The van der Waals surface area contributed by atoms with E-state index in [0.717, 1.165) is 10.6 Å². The number of imidazole rings is 1. The van der Waals surface area contributed by atoms with Crippen molar-refractivity contribution in [3.05, 3.63) is 24.7 Å². The molecule has 0 aromatic carbocycles. The molecule has 80 valence electrons.